The van der Waals surface area contributed by atoms with Crippen LogP contribution in [0.4, 0.5) is 0 Å². The molecule has 0 saturated carbocycles. The molecule has 1 saturated heterocycles. The van der Waals surface area contributed by atoms with E-state index in [1.165, 1.54) is 0 Å². The van der Waals surface area contributed by atoms with Gasteiger partial charge in [-0.05, 0) is 27.7 Å². The molecular weight excluding hydrogens is 282 g/mol. The van der Waals surface area contributed by atoms with Gasteiger partial charge in [-0.15, -0.1) is 0 Å². The van der Waals surface area contributed by atoms with E-state index >= 15 is 0 Å². The van der Waals surface area contributed by atoms with E-state index in [9.17, 15) is 5.11 Å². The average Bonchev–Trinajstić information content (AvgIpc) is 2.83. The van der Waals surface area contributed by atoms with Gasteiger partial charge in [0.25, 0.3) is 0 Å². The first-order valence-corrected chi connectivity index (χ1v) is 8.01. The standard InChI is InChI=1S/C16H29N3O3/c1-13-9-15(22-17-13)11-19-7-5-18(6-8-19)10-14(20)12-21-16(2,3)4/h9,14,20H,5-8,10-12H2,1-4H3. The molecule has 1 unspecified atom stereocenters. The first-order chi connectivity index (χ1) is 10.3. The molecule has 6 heteroatoms. The van der Waals surface area contributed by atoms with E-state index < -0.39 is 6.10 Å². The number of ether oxygens (including phenoxy) is 1. The van der Waals surface area contributed by atoms with Crippen LogP contribution in [0.1, 0.15) is 32.2 Å². The third-order valence-corrected chi connectivity index (χ3v) is 3.70. The maximum atomic E-state index is 10.1. The zero-order valence-corrected chi connectivity index (χ0v) is 14.2. The Labute approximate surface area is 133 Å². The van der Waals surface area contributed by atoms with Crippen molar-refractivity contribution >= 4 is 0 Å². The topological polar surface area (TPSA) is 62.0 Å². The summed E-state index contributed by atoms with van der Waals surface area (Å²) in [7, 11) is 0. The zero-order valence-electron chi connectivity index (χ0n) is 14.2. The molecule has 1 aliphatic rings. The molecule has 0 bridgehead atoms. The van der Waals surface area contributed by atoms with Crippen LogP contribution in [0.25, 0.3) is 0 Å². The van der Waals surface area contributed by atoms with Crippen LogP contribution in [0.15, 0.2) is 10.6 Å². The number of piperazine rings is 1. The van der Waals surface area contributed by atoms with E-state index in [2.05, 4.69) is 15.0 Å². The summed E-state index contributed by atoms with van der Waals surface area (Å²) < 4.78 is 10.9. The van der Waals surface area contributed by atoms with Gasteiger partial charge in [-0.25, -0.2) is 0 Å². The molecule has 2 rings (SSSR count). The Bertz CT molecular complexity index is 448. The fourth-order valence-corrected chi connectivity index (χ4v) is 2.54. The molecule has 0 radical (unpaired) electrons. The van der Waals surface area contributed by atoms with Crippen LogP contribution >= 0.6 is 0 Å². The van der Waals surface area contributed by atoms with Crippen LogP contribution in [-0.2, 0) is 11.3 Å². The molecule has 0 aromatic carbocycles. The fourth-order valence-electron chi connectivity index (χ4n) is 2.54. The van der Waals surface area contributed by atoms with Crippen molar-refractivity contribution in [1.29, 1.82) is 0 Å². The van der Waals surface area contributed by atoms with E-state index in [1.807, 2.05) is 33.8 Å². The number of hydrogen-bond acceptors (Lipinski definition) is 6. The predicted molar refractivity (Wildman–Crippen MR) is 84.7 cm³/mol. The number of β-amino-alcohol motifs (C(OH)–C–C–N with tert-alkyl or cyclic N) is 1. The smallest absolute Gasteiger partial charge is 0.150 e. The van der Waals surface area contributed by atoms with Crippen LogP contribution in [0.3, 0.4) is 0 Å². The van der Waals surface area contributed by atoms with Crippen LogP contribution in [-0.4, -0.2) is 71.1 Å². The van der Waals surface area contributed by atoms with E-state index in [-0.39, 0.29) is 5.60 Å². The van der Waals surface area contributed by atoms with Gasteiger partial charge in [-0.1, -0.05) is 5.16 Å². The Morgan fingerprint density at radius 2 is 1.91 bits per heavy atom. The van der Waals surface area contributed by atoms with Gasteiger partial charge >= 0.3 is 0 Å². The third kappa shape index (κ3) is 6.04. The SMILES string of the molecule is Cc1cc(CN2CCN(CC(O)COC(C)(C)C)CC2)on1. The van der Waals surface area contributed by atoms with E-state index in [0.717, 1.165) is 44.2 Å². The van der Waals surface area contributed by atoms with Crippen LogP contribution in [0.5, 0.6) is 0 Å². The molecule has 0 aliphatic carbocycles. The summed E-state index contributed by atoms with van der Waals surface area (Å²) in [4.78, 5) is 4.65. The maximum absolute atomic E-state index is 10.1. The molecule has 0 amide bonds. The van der Waals surface area contributed by atoms with Crippen molar-refractivity contribution in [3.05, 3.63) is 17.5 Å². The summed E-state index contributed by atoms with van der Waals surface area (Å²) in [6, 6.07) is 1.99. The van der Waals surface area contributed by atoms with Gasteiger partial charge in [0.05, 0.1) is 30.6 Å². The third-order valence-electron chi connectivity index (χ3n) is 3.70. The van der Waals surface area contributed by atoms with E-state index in [1.54, 1.807) is 0 Å². The first kappa shape index (κ1) is 17.4. The Morgan fingerprint density at radius 3 is 2.45 bits per heavy atom. The lowest BCUT2D eigenvalue weighted by molar-refractivity contribution is -0.0588. The lowest BCUT2D eigenvalue weighted by Crippen LogP contribution is -2.48. The lowest BCUT2D eigenvalue weighted by atomic mass is 10.2. The highest BCUT2D eigenvalue weighted by molar-refractivity contribution is 5.03. The molecule has 1 fully saturated rings. The summed E-state index contributed by atoms with van der Waals surface area (Å²) >= 11 is 0. The molecule has 1 N–H and O–H groups in total. The Morgan fingerprint density at radius 1 is 1.27 bits per heavy atom. The second kappa shape index (κ2) is 7.55. The molecule has 1 aromatic heterocycles. The lowest BCUT2D eigenvalue weighted by Gasteiger charge is -2.35. The zero-order chi connectivity index (χ0) is 16.2. The quantitative estimate of drug-likeness (QED) is 0.854. The maximum Gasteiger partial charge on any atom is 0.150 e. The summed E-state index contributed by atoms with van der Waals surface area (Å²) in [5.74, 6) is 0.921. The fraction of sp³-hybridized carbons (Fsp3) is 0.812. The van der Waals surface area contributed by atoms with Crippen molar-refractivity contribution in [2.45, 2.75) is 45.9 Å². The van der Waals surface area contributed by atoms with Crippen molar-refractivity contribution in [2.75, 3.05) is 39.3 Å². The Kier molecular flexibility index (Phi) is 5.97. The second-order valence-electron chi connectivity index (χ2n) is 7.09. The normalized spacial score (nSPS) is 19.5. The van der Waals surface area contributed by atoms with Crippen molar-refractivity contribution in [1.82, 2.24) is 15.0 Å². The number of aromatic nitrogens is 1. The number of aliphatic hydroxyl groups is 1. The van der Waals surface area contributed by atoms with E-state index in [0.29, 0.717) is 13.2 Å². The van der Waals surface area contributed by atoms with Gasteiger partial charge in [0, 0.05) is 38.8 Å². The van der Waals surface area contributed by atoms with Crippen molar-refractivity contribution in [2.24, 2.45) is 0 Å². The van der Waals surface area contributed by atoms with Gasteiger partial charge in [-0.2, -0.15) is 0 Å². The minimum Gasteiger partial charge on any atom is -0.389 e. The van der Waals surface area contributed by atoms with Crippen molar-refractivity contribution in [3.63, 3.8) is 0 Å². The summed E-state index contributed by atoms with van der Waals surface area (Å²) in [5, 5.41) is 14.0. The monoisotopic (exact) mass is 311 g/mol. The highest BCUT2D eigenvalue weighted by Crippen LogP contribution is 2.11. The van der Waals surface area contributed by atoms with Gasteiger partial charge in [0.2, 0.25) is 0 Å². The van der Waals surface area contributed by atoms with Gasteiger partial charge in [-0.3, -0.25) is 9.80 Å². The number of aliphatic hydroxyl groups excluding tert-OH is 1. The van der Waals surface area contributed by atoms with Gasteiger partial charge in [0.15, 0.2) is 5.76 Å². The van der Waals surface area contributed by atoms with Gasteiger partial charge in [0.1, 0.15) is 0 Å². The highest BCUT2D eigenvalue weighted by Gasteiger charge is 2.21. The summed E-state index contributed by atoms with van der Waals surface area (Å²) in [6.07, 6.45) is -0.428. The highest BCUT2D eigenvalue weighted by atomic mass is 16.5. The van der Waals surface area contributed by atoms with Crippen LogP contribution in [0, 0.1) is 6.92 Å². The molecule has 2 heterocycles. The average molecular weight is 311 g/mol. The molecule has 22 heavy (non-hydrogen) atoms. The molecular formula is C16H29N3O3. The van der Waals surface area contributed by atoms with Crippen LogP contribution in [0.2, 0.25) is 0 Å². The minimum atomic E-state index is -0.428. The summed E-state index contributed by atoms with van der Waals surface area (Å²) in [5.41, 5.74) is 0.727. The summed E-state index contributed by atoms with van der Waals surface area (Å²) in [6.45, 7) is 13.7. The number of aryl methyl sites for hydroxylation is 1. The number of nitrogens with zero attached hydrogens (tertiary/aromatic N) is 3. The predicted octanol–water partition coefficient (Wildman–Crippen LogP) is 1.28. The van der Waals surface area contributed by atoms with Gasteiger partial charge < -0.3 is 14.4 Å². The van der Waals surface area contributed by atoms with E-state index in [4.69, 9.17) is 9.26 Å². The minimum absolute atomic E-state index is 0.200. The molecule has 0 spiro atoms. The molecule has 6 nitrogen and oxygen atoms in total. The Hall–Kier alpha value is -0.950. The van der Waals surface area contributed by atoms with Crippen LogP contribution < -0.4 is 0 Å². The number of hydrogen-bond donors (Lipinski definition) is 1. The largest absolute Gasteiger partial charge is 0.389 e. The number of rotatable bonds is 6. The molecule has 1 aromatic rings. The molecule has 1 aliphatic heterocycles. The Balaban J connectivity index is 1.66. The first-order valence-electron chi connectivity index (χ1n) is 8.01. The van der Waals surface area contributed by atoms with Crippen molar-refractivity contribution in [3.8, 4) is 0 Å². The molecule has 1 atom stereocenters. The molecule has 126 valence electrons. The van der Waals surface area contributed by atoms with Crippen molar-refractivity contribution < 1.29 is 14.4 Å². The second-order valence-corrected chi connectivity index (χ2v) is 7.09.